The van der Waals surface area contributed by atoms with E-state index in [1.165, 1.54) is 5.56 Å². The molecule has 1 N–H and O–H groups in total. The molecule has 1 aromatic heterocycles. The SMILES string of the molecule is COCCC(C)NCc1cnn(C(C)C)c1. The highest BCUT2D eigenvalue weighted by Crippen LogP contribution is 2.05. The minimum Gasteiger partial charge on any atom is -0.385 e. The van der Waals surface area contributed by atoms with E-state index in [9.17, 15) is 0 Å². The molecular weight excluding hydrogens is 202 g/mol. The Labute approximate surface area is 98.0 Å². The Kier molecular flexibility index (Phi) is 5.49. The van der Waals surface area contributed by atoms with Gasteiger partial charge in [-0.2, -0.15) is 5.10 Å². The average molecular weight is 225 g/mol. The van der Waals surface area contributed by atoms with Crippen LogP contribution in [0.3, 0.4) is 0 Å². The Morgan fingerprint density at radius 1 is 1.44 bits per heavy atom. The summed E-state index contributed by atoms with van der Waals surface area (Å²) in [7, 11) is 1.74. The lowest BCUT2D eigenvalue weighted by atomic mass is 10.2. The maximum atomic E-state index is 5.04. The molecule has 1 atom stereocenters. The van der Waals surface area contributed by atoms with Crippen molar-refractivity contribution in [1.82, 2.24) is 15.1 Å². The first-order valence-corrected chi connectivity index (χ1v) is 5.88. The molecule has 0 aliphatic heterocycles. The summed E-state index contributed by atoms with van der Waals surface area (Å²) < 4.78 is 7.03. The van der Waals surface area contributed by atoms with Crippen molar-refractivity contribution in [3.05, 3.63) is 18.0 Å². The molecule has 16 heavy (non-hydrogen) atoms. The molecule has 0 aromatic carbocycles. The lowest BCUT2D eigenvalue weighted by molar-refractivity contribution is 0.184. The second-order valence-electron chi connectivity index (χ2n) is 4.49. The Bertz CT molecular complexity index is 296. The fourth-order valence-electron chi connectivity index (χ4n) is 1.44. The normalized spacial score (nSPS) is 13.3. The van der Waals surface area contributed by atoms with Crippen LogP contribution in [0.5, 0.6) is 0 Å². The zero-order chi connectivity index (χ0) is 12.0. The highest BCUT2D eigenvalue weighted by molar-refractivity contribution is 5.03. The van der Waals surface area contributed by atoms with Crippen molar-refractivity contribution < 1.29 is 4.74 Å². The van der Waals surface area contributed by atoms with Crippen molar-refractivity contribution in [2.45, 2.75) is 45.8 Å². The number of aromatic nitrogens is 2. The Balaban J connectivity index is 2.31. The number of rotatable bonds is 7. The first-order chi connectivity index (χ1) is 7.63. The van der Waals surface area contributed by atoms with Gasteiger partial charge < -0.3 is 10.1 Å². The maximum absolute atomic E-state index is 5.04. The van der Waals surface area contributed by atoms with Gasteiger partial charge in [0, 0.05) is 44.1 Å². The first-order valence-electron chi connectivity index (χ1n) is 5.88. The van der Waals surface area contributed by atoms with Crippen LogP contribution in [0.25, 0.3) is 0 Å². The van der Waals surface area contributed by atoms with Crippen LogP contribution in [0.1, 0.15) is 38.8 Å². The van der Waals surface area contributed by atoms with Crippen LogP contribution in [0, 0.1) is 0 Å². The van der Waals surface area contributed by atoms with Crippen LogP contribution < -0.4 is 5.32 Å². The lowest BCUT2D eigenvalue weighted by Crippen LogP contribution is -2.26. The topological polar surface area (TPSA) is 39.1 Å². The van der Waals surface area contributed by atoms with Gasteiger partial charge in [-0.1, -0.05) is 0 Å². The minimum absolute atomic E-state index is 0.430. The molecule has 1 unspecified atom stereocenters. The maximum Gasteiger partial charge on any atom is 0.0534 e. The summed E-state index contributed by atoms with van der Waals surface area (Å²) in [5.41, 5.74) is 1.23. The van der Waals surface area contributed by atoms with Crippen molar-refractivity contribution in [3.8, 4) is 0 Å². The minimum atomic E-state index is 0.430. The van der Waals surface area contributed by atoms with E-state index in [0.29, 0.717) is 12.1 Å². The molecule has 1 heterocycles. The molecule has 92 valence electrons. The molecule has 0 radical (unpaired) electrons. The van der Waals surface area contributed by atoms with Gasteiger partial charge in [-0.05, 0) is 27.2 Å². The summed E-state index contributed by atoms with van der Waals surface area (Å²) >= 11 is 0. The molecule has 4 nitrogen and oxygen atoms in total. The van der Waals surface area contributed by atoms with Gasteiger partial charge >= 0.3 is 0 Å². The standard InChI is InChI=1S/C12H23N3O/c1-10(2)15-9-12(8-14-15)7-13-11(3)5-6-16-4/h8-11,13H,5-7H2,1-4H3. The van der Waals surface area contributed by atoms with E-state index in [2.05, 4.69) is 37.4 Å². The molecule has 0 saturated heterocycles. The highest BCUT2D eigenvalue weighted by atomic mass is 16.5. The Morgan fingerprint density at radius 3 is 2.75 bits per heavy atom. The van der Waals surface area contributed by atoms with E-state index in [1.54, 1.807) is 7.11 Å². The summed E-state index contributed by atoms with van der Waals surface area (Å²) in [5, 5.41) is 7.76. The Morgan fingerprint density at radius 2 is 2.19 bits per heavy atom. The van der Waals surface area contributed by atoms with Crippen LogP contribution in [-0.2, 0) is 11.3 Å². The molecular formula is C12H23N3O. The molecule has 1 rings (SSSR count). The summed E-state index contributed by atoms with van der Waals surface area (Å²) in [5.74, 6) is 0. The highest BCUT2D eigenvalue weighted by Gasteiger charge is 2.04. The van der Waals surface area contributed by atoms with Crippen LogP contribution in [0.2, 0.25) is 0 Å². The van der Waals surface area contributed by atoms with Crippen molar-refractivity contribution in [1.29, 1.82) is 0 Å². The molecule has 0 aliphatic rings. The van der Waals surface area contributed by atoms with Gasteiger partial charge in [0.15, 0.2) is 0 Å². The van der Waals surface area contributed by atoms with Crippen molar-refractivity contribution in [2.75, 3.05) is 13.7 Å². The van der Waals surface area contributed by atoms with E-state index in [1.807, 2.05) is 10.9 Å². The molecule has 1 aromatic rings. The van der Waals surface area contributed by atoms with E-state index >= 15 is 0 Å². The smallest absolute Gasteiger partial charge is 0.0534 e. The summed E-state index contributed by atoms with van der Waals surface area (Å²) in [6.07, 6.45) is 5.06. The number of methoxy groups -OCH3 is 1. The molecule has 0 aliphatic carbocycles. The molecule has 0 fully saturated rings. The van der Waals surface area contributed by atoms with Gasteiger partial charge in [0.2, 0.25) is 0 Å². The van der Waals surface area contributed by atoms with Crippen LogP contribution in [0.4, 0.5) is 0 Å². The van der Waals surface area contributed by atoms with Crippen molar-refractivity contribution in [2.24, 2.45) is 0 Å². The molecule has 0 amide bonds. The second-order valence-corrected chi connectivity index (χ2v) is 4.49. The van der Waals surface area contributed by atoms with E-state index < -0.39 is 0 Å². The summed E-state index contributed by atoms with van der Waals surface area (Å²) in [6.45, 7) is 8.11. The van der Waals surface area contributed by atoms with E-state index in [4.69, 9.17) is 4.74 Å². The van der Waals surface area contributed by atoms with Crippen LogP contribution in [0.15, 0.2) is 12.4 Å². The largest absolute Gasteiger partial charge is 0.385 e. The zero-order valence-electron chi connectivity index (χ0n) is 10.7. The average Bonchev–Trinajstić information content (AvgIpc) is 2.72. The van der Waals surface area contributed by atoms with E-state index in [0.717, 1.165) is 19.6 Å². The predicted molar refractivity (Wildman–Crippen MR) is 65.4 cm³/mol. The van der Waals surface area contributed by atoms with Crippen molar-refractivity contribution in [3.63, 3.8) is 0 Å². The van der Waals surface area contributed by atoms with Crippen LogP contribution in [-0.4, -0.2) is 29.5 Å². The lowest BCUT2D eigenvalue weighted by Gasteiger charge is -2.12. The number of ether oxygens (including phenoxy) is 1. The van der Waals surface area contributed by atoms with Gasteiger partial charge in [-0.25, -0.2) is 0 Å². The van der Waals surface area contributed by atoms with Gasteiger partial charge in [-0.3, -0.25) is 4.68 Å². The summed E-state index contributed by atoms with van der Waals surface area (Å²) in [4.78, 5) is 0. The van der Waals surface area contributed by atoms with Gasteiger partial charge in [0.25, 0.3) is 0 Å². The third kappa shape index (κ3) is 4.33. The molecule has 4 heteroatoms. The third-order valence-corrected chi connectivity index (χ3v) is 2.59. The first kappa shape index (κ1) is 13.2. The molecule has 0 spiro atoms. The summed E-state index contributed by atoms with van der Waals surface area (Å²) in [6, 6.07) is 0.905. The molecule has 0 bridgehead atoms. The van der Waals surface area contributed by atoms with Crippen molar-refractivity contribution >= 4 is 0 Å². The van der Waals surface area contributed by atoms with Crippen LogP contribution >= 0.6 is 0 Å². The van der Waals surface area contributed by atoms with E-state index in [-0.39, 0.29) is 0 Å². The molecule has 0 saturated carbocycles. The fraction of sp³-hybridized carbons (Fsp3) is 0.750. The number of nitrogens with zero attached hydrogens (tertiary/aromatic N) is 2. The number of hydrogen-bond acceptors (Lipinski definition) is 3. The number of hydrogen-bond donors (Lipinski definition) is 1. The third-order valence-electron chi connectivity index (χ3n) is 2.59. The van der Waals surface area contributed by atoms with Gasteiger partial charge in [0.05, 0.1) is 6.20 Å². The predicted octanol–water partition coefficient (Wildman–Crippen LogP) is 1.98. The Hall–Kier alpha value is -0.870. The quantitative estimate of drug-likeness (QED) is 0.771. The zero-order valence-corrected chi connectivity index (χ0v) is 10.7. The monoisotopic (exact) mass is 225 g/mol. The number of nitrogens with one attached hydrogen (secondary N) is 1. The fourth-order valence-corrected chi connectivity index (χ4v) is 1.44. The van der Waals surface area contributed by atoms with Gasteiger partial charge in [0.1, 0.15) is 0 Å². The second kappa shape index (κ2) is 6.66. The van der Waals surface area contributed by atoms with Gasteiger partial charge in [-0.15, -0.1) is 0 Å².